The number of hydrogen-bond acceptors (Lipinski definition) is 6. The summed E-state index contributed by atoms with van der Waals surface area (Å²) in [5.74, 6) is -1.04. The van der Waals surface area contributed by atoms with E-state index in [4.69, 9.17) is 4.74 Å². The highest BCUT2D eigenvalue weighted by Crippen LogP contribution is 2.31. The van der Waals surface area contributed by atoms with Crippen molar-refractivity contribution in [3.8, 4) is 0 Å². The van der Waals surface area contributed by atoms with Crippen LogP contribution in [0.5, 0.6) is 0 Å². The molecule has 0 N–H and O–H groups in total. The van der Waals surface area contributed by atoms with E-state index in [9.17, 15) is 18.0 Å². The summed E-state index contributed by atoms with van der Waals surface area (Å²) in [5.41, 5.74) is 1.38. The fourth-order valence-electron chi connectivity index (χ4n) is 3.51. The number of esters is 1. The summed E-state index contributed by atoms with van der Waals surface area (Å²) < 4.78 is 31.0. The molecule has 0 saturated carbocycles. The van der Waals surface area contributed by atoms with Gasteiger partial charge in [-0.05, 0) is 49.4 Å². The van der Waals surface area contributed by atoms with Crippen molar-refractivity contribution >= 4 is 33.2 Å². The Labute approximate surface area is 161 Å². The average Bonchev–Trinajstić information content (AvgIpc) is 3.04. The van der Waals surface area contributed by atoms with Crippen LogP contribution < -0.4 is 0 Å². The number of nitrogens with zero attached hydrogens (tertiary/aromatic N) is 1. The summed E-state index contributed by atoms with van der Waals surface area (Å²) in [5, 5.41) is 0. The number of amides is 1. The Hall–Kier alpha value is -2.19. The minimum atomic E-state index is -3.87. The molecule has 1 aromatic carbocycles. The Morgan fingerprint density at radius 3 is 2.74 bits per heavy atom. The van der Waals surface area contributed by atoms with Gasteiger partial charge >= 0.3 is 5.97 Å². The van der Waals surface area contributed by atoms with Crippen LogP contribution in [-0.2, 0) is 27.6 Å². The van der Waals surface area contributed by atoms with Crippen molar-refractivity contribution in [2.45, 2.75) is 37.0 Å². The predicted molar refractivity (Wildman–Crippen MR) is 101 cm³/mol. The van der Waals surface area contributed by atoms with Gasteiger partial charge in [-0.1, -0.05) is 18.6 Å². The molecule has 0 bridgehead atoms. The molecule has 0 fully saturated rings. The summed E-state index contributed by atoms with van der Waals surface area (Å²) in [6, 6.07) is 7.99. The van der Waals surface area contributed by atoms with Crippen LogP contribution in [0.1, 0.15) is 49.7 Å². The van der Waals surface area contributed by atoms with Gasteiger partial charge in [0.25, 0.3) is 15.9 Å². The lowest BCUT2D eigenvalue weighted by Crippen LogP contribution is -2.33. The third-order valence-corrected chi connectivity index (χ3v) is 7.94. The van der Waals surface area contributed by atoms with Crippen LogP contribution in [-0.4, -0.2) is 37.8 Å². The SMILES string of the molecule is O=C(OCCN1C(=O)c2ccccc2S1(=O)=O)c1cc2c(s1)CCCCC2. The highest BCUT2D eigenvalue weighted by Gasteiger charge is 2.40. The van der Waals surface area contributed by atoms with Gasteiger partial charge in [0.2, 0.25) is 0 Å². The van der Waals surface area contributed by atoms with E-state index in [-0.39, 0.29) is 23.6 Å². The molecule has 0 spiro atoms. The Morgan fingerprint density at radius 2 is 1.93 bits per heavy atom. The summed E-state index contributed by atoms with van der Waals surface area (Å²) in [4.78, 5) is 26.4. The molecule has 0 unspecified atom stereocenters. The van der Waals surface area contributed by atoms with Crippen molar-refractivity contribution in [1.82, 2.24) is 4.31 Å². The van der Waals surface area contributed by atoms with E-state index in [1.54, 1.807) is 12.1 Å². The Balaban J connectivity index is 1.40. The van der Waals surface area contributed by atoms with Crippen molar-refractivity contribution in [3.63, 3.8) is 0 Å². The molecule has 2 heterocycles. The number of thiophene rings is 1. The van der Waals surface area contributed by atoms with Crippen LogP contribution in [0.4, 0.5) is 0 Å². The number of rotatable bonds is 4. The van der Waals surface area contributed by atoms with Crippen LogP contribution in [0.3, 0.4) is 0 Å². The zero-order valence-corrected chi connectivity index (χ0v) is 16.3. The maximum absolute atomic E-state index is 12.5. The first-order chi connectivity index (χ1) is 13.0. The van der Waals surface area contributed by atoms with Gasteiger partial charge in [-0.3, -0.25) is 4.79 Å². The number of benzene rings is 1. The minimum Gasteiger partial charge on any atom is -0.460 e. The molecule has 0 saturated heterocycles. The van der Waals surface area contributed by atoms with E-state index in [0.29, 0.717) is 4.88 Å². The predicted octanol–water partition coefficient (Wildman–Crippen LogP) is 3.02. The minimum absolute atomic E-state index is 0.00308. The second-order valence-corrected chi connectivity index (χ2v) is 9.60. The first-order valence-corrected chi connectivity index (χ1v) is 11.2. The molecule has 1 aliphatic carbocycles. The van der Waals surface area contributed by atoms with Crippen LogP contribution >= 0.6 is 11.3 Å². The van der Waals surface area contributed by atoms with Crippen LogP contribution in [0, 0.1) is 0 Å². The highest BCUT2D eigenvalue weighted by molar-refractivity contribution is 7.90. The topological polar surface area (TPSA) is 80.8 Å². The van der Waals surface area contributed by atoms with Gasteiger partial charge in [-0.2, -0.15) is 0 Å². The molecule has 1 aromatic heterocycles. The average molecular weight is 405 g/mol. The standard InChI is InChI=1S/C19H19NO5S2/c21-18-14-7-4-5-9-17(14)27(23,24)20(18)10-11-25-19(22)16-12-13-6-2-1-3-8-15(13)26-16/h4-5,7,9,12H,1-3,6,8,10-11H2. The van der Waals surface area contributed by atoms with Gasteiger partial charge in [0.05, 0.1) is 12.1 Å². The van der Waals surface area contributed by atoms with E-state index in [1.807, 2.05) is 6.07 Å². The zero-order valence-electron chi connectivity index (χ0n) is 14.6. The van der Waals surface area contributed by atoms with Crippen LogP contribution in [0.25, 0.3) is 0 Å². The molecular formula is C19H19NO5S2. The first-order valence-electron chi connectivity index (χ1n) is 8.93. The summed E-state index contributed by atoms with van der Waals surface area (Å²) >= 11 is 1.46. The number of aryl methyl sites for hydroxylation is 2. The lowest BCUT2D eigenvalue weighted by molar-refractivity contribution is 0.0483. The molecule has 142 valence electrons. The summed E-state index contributed by atoms with van der Waals surface area (Å²) in [6.45, 7) is -0.354. The molecule has 2 aliphatic rings. The first kappa shape index (κ1) is 18.2. The smallest absolute Gasteiger partial charge is 0.348 e. The fraction of sp³-hybridized carbons (Fsp3) is 0.368. The zero-order chi connectivity index (χ0) is 19.0. The Kier molecular flexibility index (Phi) is 4.77. The van der Waals surface area contributed by atoms with E-state index in [2.05, 4.69) is 0 Å². The van der Waals surface area contributed by atoms with Gasteiger partial charge in [-0.15, -0.1) is 11.3 Å². The van der Waals surface area contributed by atoms with E-state index in [0.717, 1.165) is 30.0 Å². The fourth-order valence-corrected chi connectivity index (χ4v) is 6.21. The molecule has 6 nitrogen and oxygen atoms in total. The molecule has 4 rings (SSSR count). The molecule has 0 atom stereocenters. The van der Waals surface area contributed by atoms with Gasteiger partial charge in [0.15, 0.2) is 0 Å². The van der Waals surface area contributed by atoms with Crippen LogP contribution in [0.15, 0.2) is 35.2 Å². The number of hydrogen-bond donors (Lipinski definition) is 0. The van der Waals surface area contributed by atoms with Crippen molar-refractivity contribution in [1.29, 1.82) is 0 Å². The van der Waals surface area contributed by atoms with Crippen molar-refractivity contribution in [2.75, 3.05) is 13.2 Å². The van der Waals surface area contributed by atoms with Gasteiger partial charge in [0, 0.05) is 4.88 Å². The molecule has 2 aromatic rings. The van der Waals surface area contributed by atoms with Gasteiger partial charge in [0.1, 0.15) is 16.4 Å². The third kappa shape index (κ3) is 3.27. The molecule has 27 heavy (non-hydrogen) atoms. The normalized spacial score (nSPS) is 17.9. The second kappa shape index (κ2) is 7.09. The Bertz CT molecular complexity index is 985. The molecule has 8 heteroatoms. The lowest BCUT2D eigenvalue weighted by Gasteiger charge is -2.14. The van der Waals surface area contributed by atoms with E-state index < -0.39 is 21.9 Å². The third-order valence-electron chi connectivity index (χ3n) is 4.89. The molecule has 1 amide bonds. The van der Waals surface area contributed by atoms with Gasteiger partial charge < -0.3 is 4.74 Å². The highest BCUT2D eigenvalue weighted by atomic mass is 32.2. The van der Waals surface area contributed by atoms with Crippen LogP contribution in [0.2, 0.25) is 0 Å². The number of fused-ring (bicyclic) bond motifs is 2. The van der Waals surface area contributed by atoms with E-state index >= 15 is 0 Å². The number of sulfonamides is 1. The van der Waals surface area contributed by atoms with Crippen molar-refractivity contribution < 1.29 is 22.7 Å². The molecule has 0 radical (unpaired) electrons. The van der Waals surface area contributed by atoms with Gasteiger partial charge in [-0.25, -0.2) is 17.5 Å². The summed E-state index contributed by atoms with van der Waals surface area (Å²) in [6.07, 6.45) is 5.46. The molecular weight excluding hydrogens is 386 g/mol. The Morgan fingerprint density at radius 1 is 1.15 bits per heavy atom. The quantitative estimate of drug-likeness (QED) is 0.577. The molecule has 1 aliphatic heterocycles. The summed E-state index contributed by atoms with van der Waals surface area (Å²) in [7, 11) is -3.87. The van der Waals surface area contributed by atoms with E-state index in [1.165, 1.54) is 40.3 Å². The number of carbonyl (C=O) groups is 2. The van der Waals surface area contributed by atoms with Crippen molar-refractivity contribution in [2.24, 2.45) is 0 Å². The second-order valence-electron chi connectivity index (χ2n) is 6.63. The lowest BCUT2D eigenvalue weighted by atomic mass is 10.1. The maximum Gasteiger partial charge on any atom is 0.348 e. The number of carbonyl (C=O) groups excluding carboxylic acids is 2. The largest absolute Gasteiger partial charge is 0.460 e. The monoisotopic (exact) mass is 405 g/mol. The maximum atomic E-state index is 12.5. The number of ether oxygens (including phenoxy) is 1. The van der Waals surface area contributed by atoms with Crippen molar-refractivity contribution in [3.05, 3.63) is 51.2 Å².